The molecule has 2 N–H and O–H groups in total. The third kappa shape index (κ3) is 2.21. The molecule has 0 saturated heterocycles. The second kappa shape index (κ2) is 4.67. The molecule has 1 amide bonds. The molecule has 3 unspecified atom stereocenters. The van der Waals surface area contributed by atoms with Gasteiger partial charge in [-0.3, -0.25) is 10.1 Å². The lowest BCUT2D eigenvalue weighted by Gasteiger charge is -2.11. The molecule has 1 saturated carbocycles. The SMILES string of the molecule is O=C1Nc2cc(F)ccc2C1NC1CC1c1ccccc1. The van der Waals surface area contributed by atoms with E-state index in [2.05, 4.69) is 22.8 Å². The number of carbonyl (C=O) groups is 1. The molecule has 3 atom stereocenters. The van der Waals surface area contributed by atoms with E-state index in [1.165, 1.54) is 17.7 Å². The van der Waals surface area contributed by atoms with Gasteiger partial charge in [0.05, 0.1) is 0 Å². The van der Waals surface area contributed by atoms with Crippen LogP contribution >= 0.6 is 0 Å². The van der Waals surface area contributed by atoms with Crippen molar-refractivity contribution in [3.63, 3.8) is 0 Å². The van der Waals surface area contributed by atoms with E-state index in [9.17, 15) is 9.18 Å². The van der Waals surface area contributed by atoms with Crippen LogP contribution in [0.1, 0.15) is 29.5 Å². The van der Waals surface area contributed by atoms with E-state index in [0.717, 1.165) is 12.0 Å². The van der Waals surface area contributed by atoms with Crippen molar-refractivity contribution in [1.29, 1.82) is 0 Å². The molecule has 3 nitrogen and oxygen atoms in total. The largest absolute Gasteiger partial charge is 0.324 e. The average Bonchev–Trinajstić information content (AvgIpc) is 3.19. The van der Waals surface area contributed by atoms with Crippen molar-refractivity contribution < 1.29 is 9.18 Å². The zero-order valence-corrected chi connectivity index (χ0v) is 11.3. The Hall–Kier alpha value is -2.20. The highest BCUT2D eigenvalue weighted by molar-refractivity contribution is 6.02. The Bertz CT molecular complexity index is 701. The molecule has 4 rings (SSSR count). The number of rotatable bonds is 3. The quantitative estimate of drug-likeness (QED) is 0.908. The summed E-state index contributed by atoms with van der Waals surface area (Å²) < 4.78 is 13.2. The molecule has 2 aliphatic rings. The Kier molecular flexibility index (Phi) is 2.79. The van der Waals surface area contributed by atoms with E-state index in [-0.39, 0.29) is 17.8 Å². The number of halogens is 1. The third-order valence-electron chi connectivity index (χ3n) is 4.25. The molecular formula is C17H15FN2O. The number of fused-ring (bicyclic) bond motifs is 1. The standard InChI is InChI=1S/C17H15FN2O/c18-11-6-7-12-14(8-11)20-17(21)16(12)19-15-9-13(15)10-4-2-1-3-5-10/h1-8,13,15-16,19H,9H2,(H,20,21). The van der Waals surface area contributed by atoms with Gasteiger partial charge in [0.15, 0.2) is 0 Å². The normalized spacial score (nSPS) is 26.3. The fourth-order valence-corrected chi connectivity index (χ4v) is 3.06. The van der Waals surface area contributed by atoms with E-state index in [4.69, 9.17) is 0 Å². The van der Waals surface area contributed by atoms with Gasteiger partial charge < -0.3 is 5.32 Å². The zero-order chi connectivity index (χ0) is 14.4. The van der Waals surface area contributed by atoms with Crippen molar-refractivity contribution in [1.82, 2.24) is 5.32 Å². The fourth-order valence-electron chi connectivity index (χ4n) is 3.06. The van der Waals surface area contributed by atoms with E-state index in [1.54, 1.807) is 6.07 Å². The first kappa shape index (κ1) is 12.5. The Labute approximate surface area is 122 Å². The van der Waals surface area contributed by atoms with Gasteiger partial charge in [-0.1, -0.05) is 36.4 Å². The van der Waals surface area contributed by atoms with Crippen molar-refractivity contribution in [2.24, 2.45) is 0 Å². The van der Waals surface area contributed by atoms with Crippen LogP contribution in [-0.2, 0) is 4.79 Å². The summed E-state index contributed by atoms with van der Waals surface area (Å²) in [5, 5.41) is 6.13. The molecule has 0 radical (unpaired) electrons. The predicted molar refractivity (Wildman–Crippen MR) is 78.5 cm³/mol. The first-order valence-corrected chi connectivity index (χ1v) is 7.14. The van der Waals surface area contributed by atoms with E-state index >= 15 is 0 Å². The third-order valence-corrected chi connectivity index (χ3v) is 4.25. The summed E-state index contributed by atoms with van der Waals surface area (Å²) in [6.07, 6.45) is 1.03. The minimum Gasteiger partial charge on any atom is -0.324 e. The number of hydrogen-bond donors (Lipinski definition) is 2. The van der Waals surface area contributed by atoms with Gasteiger partial charge in [-0.15, -0.1) is 0 Å². The van der Waals surface area contributed by atoms with Crippen molar-refractivity contribution in [3.8, 4) is 0 Å². The maximum absolute atomic E-state index is 13.2. The smallest absolute Gasteiger partial charge is 0.246 e. The minimum atomic E-state index is -0.376. The molecule has 0 spiro atoms. The van der Waals surface area contributed by atoms with Crippen LogP contribution in [0.25, 0.3) is 0 Å². The molecule has 1 aliphatic carbocycles. The molecule has 0 bridgehead atoms. The number of carbonyl (C=O) groups excluding carboxylic acids is 1. The van der Waals surface area contributed by atoms with E-state index in [0.29, 0.717) is 17.6 Å². The van der Waals surface area contributed by atoms with Gasteiger partial charge in [0, 0.05) is 23.2 Å². The highest BCUT2D eigenvalue weighted by Crippen LogP contribution is 2.43. The van der Waals surface area contributed by atoms with Crippen molar-refractivity contribution in [2.45, 2.75) is 24.4 Å². The zero-order valence-electron chi connectivity index (χ0n) is 11.3. The van der Waals surface area contributed by atoms with Crippen LogP contribution in [0.2, 0.25) is 0 Å². The highest BCUT2D eigenvalue weighted by atomic mass is 19.1. The van der Waals surface area contributed by atoms with E-state index < -0.39 is 0 Å². The monoisotopic (exact) mass is 282 g/mol. The molecule has 0 aromatic heterocycles. The second-order valence-electron chi connectivity index (χ2n) is 5.68. The number of nitrogens with one attached hydrogen (secondary N) is 2. The fraction of sp³-hybridized carbons (Fsp3) is 0.235. The maximum atomic E-state index is 13.2. The lowest BCUT2D eigenvalue weighted by atomic mass is 10.1. The Morgan fingerprint density at radius 1 is 1.14 bits per heavy atom. The number of anilines is 1. The lowest BCUT2D eigenvalue weighted by Crippen LogP contribution is -2.29. The van der Waals surface area contributed by atoms with Gasteiger partial charge in [0.1, 0.15) is 11.9 Å². The van der Waals surface area contributed by atoms with Gasteiger partial charge in [-0.05, 0) is 24.1 Å². The molecule has 1 fully saturated rings. The van der Waals surface area contributed by atoms with Crippen LogP contribution in [0.15, 0.2) is 48.5 Å². The molecular weight excluding hydrogens is 267 g/mol. The molecule has 1 heterocycles. The Morgan fingerprint density at radius 2 is 1.95 bits per heavy atom. The summed E-state index contributed by atoms with van der Waals surface area (Å²) in [5.41, 5.74) is 2.71. The van der Waals surface area contributed by atoms with Crippen molar-refractivity contribution in [3.05, 3.63) is 65.5 Å². The van der Waals surface area contributed by atoms with Gasteiger partial charge in [0.2, 0.25) is 5.91 Å². The number of amides is 1. The van der Waals surface area contributed by atoms with Gasteiger partial charge in [0.25, 0.3) is 0 Å². The van der Waals surface area contributed by atoms with Crippen LogP contribution in [0, 0.1) is 5.82 Å². The lowest BCUT2D eigenvalue weighted by molar-refractivity contribution is -0.117. The molecule has 2 aromatic rings. The van der Waals surface area contributed by atoms with Crippen LogP contribution in [0.3, 0.4) is 0 Å². The maximum Gasteiger partial charge on any atom is 0.246 e. The average molecular weight is 282 g/mol. The van der Waals surface area contributed by atoms with Crippen LogP contribution in [0.4, 0.5) is 10.1 Å². The molecule has 2 aromatic carbocycles. The molecule has 1 aliphatic heterocycles. The summed E-state index contributed by atoms with van der Waals surface area (Å²) in [5.74, 6) is 0.0288. The van der Waals surface area contributed by atoms with Crippen LogP contribution in [0.5, 0.6) is 0 Å². The summed E-state index contributed by atoms with van der Waals surface area (Å²) in [6, 6.07) is 14.7. The summed E-state index contributed by atoms with van der Waals surface area (Å²) >= 11 is 0. The first-order chi connectivity index (χ1) is 10.2. The van der Waals surface area contributed by atoms with Gasteiger partial charge in [-0.2, -0.15) is 0 Å². The number of hydrogen-bond acceptors (Lipinski definition) is 2. The van der Waals surface area contributed by atoms with Crippen molar-refractivity contribution in [2.75, 3.05) is 5.32 Å². The summed E-state index contributed by atoms with van der Waals surface area (Å²) in [7, 11) is 0. The van der Waals surface area contributed by atoms with Crippen LogP contribution < -0.4 is 10.6 Å². The first-order valence-electron chi connectivity index (χ1n) is 7.14. The topological polar surface area (TPSA) is 41.1 Å². The van der Waals surface area contributed by atoms with Crippen LogP contribution in [-0.4, -0.2) is 11.9 Å². The predicted octanol–water partition coefficient (Wildman–Crippen LogP) is 2.96. The minimum absolute atomic E-state index is 0.102. The summed E-state index contributed by atoms with van der Waals surface area (Å²) in [6.45, 7) is 0. The second-order valence-corrected chi connectivity index (χ2v) is 5.68. The molecule has 4 heteroatoms. The Morgan fingerprint density at radius 3 is 2.76 bits per heavy atom. The molecule has 106 valence electrons. The summed E-state index contributed by atoms with van der Waals surface area (Å²) in [4.78, 5) is 12.1. The van der Waals surface area contributed by atoms with Crippen molar-refractivity contribution >= 4 is 11.6 Å². The van der Waals surface area contributed by atoms with E-state index in [1.807, 2.05) is 18.2 Å². The van der Waals surface area contributed by atoms with Gasteiger partial charge >= 0.3 is 0 Å². The molecule has 21 heavy (non-hydrogen) atoms. The Balaban J connectivity index is 1.51. The highest BCUT2D eigenvalue weighted by Gasteiger charge is 2.42. The number of benzene rings is 2. The van der Waals surface area contributed by atoms with Gasteiger partial charge in [-0.25, -0.2) is 4.39 Å².